The minimum atomic E-state index is 0.696. The van der Waals surface area contributed by atoms with Gasteiger partial charge in [0.25, 0.3) is 0 Å². The smallest absolute Gasteiger partial charge is 0.161 e. The van der Waals surface area contributed by atoms with Crippen molar-refractivity contribution in [2.75, 3.05) is 0 Å². The van der Waals surface area contributed by atoms with Crippen LogP contribution in [0.15, 0.2) is 158 Å². The minimum Gasteiger partial charge on any atom is -0.256 e. The number of benzene rings is 5. The van der Waals surface area contributed by atoms with Crippen LogP contribution in [0.2, 0.25) is 0 Å². The van der Waals surface area contributed by atoms with E-state index in [1.54, 1.807) is 0 Å². The minimum absolute atomic E-state index is 0.696. The molecule has 0 radical (unpaired) electrons. The largest absolute Gasteiger partial charge is 0.256 e. The first-order valence-electron chi connectivity index (χ1n) is 14.6. The molecule has 0 aliphatic carbocycles. The van der Waals surface area contributed by atoms with E-state index in [9.17, 15) is 0 Å². The zero-order chi connectivity index (χ0) is 29.3. The number of aromatic nitrogens is 4. The highest BCUT2D eigenvalue weighted by molar-refractivity contribution is 6.13. The number of hydrogen-bond acceptors (Lipinski definition) is 4. The van der Waals surface area contributed by atoms with E-state index in [0.717, 1.165) is 61.4 Å². The van der Waals surface area contributed by atoms with Crippen LogP contribution in [0.1, 0.15) is 0 Å². The van der Waals surface area contributed by atoms with Gasteiger partial charge in [-0.25, -0.2) is 9.97 Å². The summed E-state index contributed by atoms with van der Waals surface area (Å²) in [6, 6.07) is 50.1. The Morgan fingerprint density at radius 1 is 0.341 bits per heavy atom. The molecule has 0 atom stereocenters. The van der Waals surface area contributed by atoms with Crippen molar-refractivity contribution in [3.05, 3.63) is 158 Å². The summed E-state index contributed by atoms with van der Waals surface area (Å²) in [6.45, 7) is 0. The summed E-state index contributed by atoms with van der Waals surface area (Å²) in [5, 5.41) is 4.70. The van der Waals surface area contributed by atoms with Crippen molar-refractivity contribution in [3.8, 4) is 56.4 Å². The highest BCUT2D eigenvalue weighted by Crippen LogP contribution is 2.36. The first-order chi connectivity index (χ1) is 21.8. The van der Waals surface area contributed by atoms with Crippen LogP contribution in [0.4, 0.5) is 0 Å². The van der Waals surface area contributed by atoms with Crippen molar-refractivity contribution >= 4 is 21.5 Å². The summed E-state index contributed by atoms with van der Waals surface area (Å²) in [7, 11) is 0. The predicted octanol–water partition coefficient (Wildman–Crippen LogP) is 9.91. The summed E-state index contributed by atoms with van der Waals surface area (Å²) in [5.41, 5.74) is 8.79. The lowest BCUT2D eigenvalue weighted by molar-refractivity contribution is 1.19. The van der Waals surface area contributed by atoms with Crippen LogP contribution in [0.3, 0.4) is 0 Å². The van der Waals surface area contributed by atoms with Gasteiger partial charge in [-0.3, -0.25) is 9.97 Å². The normalized spacial score (nSPS) is 11.2. The van der Waals surface area contributed by atoms with Crippen LogP contribution in [-0.4, -0.2) is 19.9 Å². The lowest BCUT2D eigenvalue weighted by Crippen LogP contribution is -1.97. The molecule has 0 fully saturated rings. The van der Waals surface area contributed by atoms with E-state index >= 15 is 0 Å². The van der Waals surface area contributed by atoms with Crippen molar-refractivity contribution < 1.29 is 0 Å². The van der Waals surface area contributed by atoms with E-state index in [4.69, 9.17) is 9.97 Å². The van der Waals surface area contributed by atoms with Gasteiger partial charge in [0.2, 0.25) is 0 Å². The molecule has 0 spiro atoms. The molecule has 3 heterocycles. The zero-order valence-corrected chi connectivity index (χ0v) is 23.8. The Bertz CT molecular complexity index is 2140. The van der Waals surface area contributed by atoms with E-state index < -0.39 is 0 Å². The molecular weight excluding hydrogens is 536 g/mol. The molecule has 0 saturated carbocycles. The highest BCUT2D eigenvalue weighted by atomic mass is 14.9. The van der Waals surface area contributed by atoms with Gasteiger partial charge in [0, 0.05) is 40.2 Å². The molecule has 4 nitrogen and oxygen atoms in total. The van der Waals surface area contributed by atoms with Crippen molar-refractivity contribution in [2.24, 2.45) is 0 Å². The molecule has 0 unspecified atom stereocenters. The molecule has 0 aliphatic rings. The second-order valence-electron chi connectivity index (χ2n) is 10.7. The summed E-state index contributed by atoms with van der Waals surface area (Å²) < 4.78 is 0. The van der Waals surface area contributed by atoms with Crippen LogP contribution in [0, 0.1) is 0 Å². The number of fused-ring (bicyclic) bond motifs is 3. The number of hydrogen-bond donors (Lipinski definition) is 0. The Balaban J connectivity index is 1.30. The molecule has 0 bridgehead atoms. The Hall–Kier alpha value is -6.00. The lowest BCUT2D eigenvalue weighted by Gasteiger charge is -2.13. The fraction of sp³-hybridized carbons (Fsp3) is 0. The zero-order valence-electron chi connectivity index (χ0n) is 23.8. The third-order valence-electron chi connectivity index (χ3n) is 8.02. The van der Waals surface area contributed by atoms with E-state index in [-0.39, 0.29) is 0 Å². The molecule has 0 aliphatic heterocycles. The van der Waals surface area contributed by atoms with Gasteiger partial charge in [0.05, 0.1) is 22.8 Å². The number of nitrogens with zero attached hydrogens (tertiary/aromatic N) is 4. The first kappa shape index (κ1) is 25.7. The molecule has 8 aromatic rings. The first-order valence-corrected chi connectivity index (χ1v) is 14.6. The van der Waals surface area contributed by atoms with E-state index in [0.29, 0.717) is 5.82 Å². The maximum absolute atomic E-state index is 5.19. The lowest BCUT2D eigenvalue weighted by atomic mass is 9.96. The van der Waals surface area contributed by atoms with Crippen molar-refractivity contribution in [3.63, 3.8) is 0 Å². The second-order valence-corrected chi connectivity index (χ2v) is 10.7. The molecule has 4 heteroatoms. The van der Waals surface area contributed by atoms with Gasteiger partial charge in [0.1, 0.15) is 0 Å². The summed E-state index contributed by atoms with van der Waals surface area (Å²) >= 11 is 0. The number of pyridine rings is 2. The monoisotopic (exact) mass is 562 g/mol. The standard InChI is InChI=1S/C40H26N4/c1-2-10-32-31(9-1)25-35(34-12-4-3-11-33(32)34)40-43-38(29-19-15-27(16-20-29)36-13-5-7-23-41-36)26-39(44-40)30-21-17-28(18-22-30)37-14-6-8-24-42-37/h1-26H. The van der Waals surface area contributed by atoms with Crippen LogP contribution < -0.4 is 0 Å². The third-order valence-corrected chi connectivity index (χ3v) is 8.02. The predicted molar refractivity (Wildman–Crippen MR) is 180 cm³/mol. The van der Waals surface area contributed by atoms with Gasteiger partial charge in [-0.05, 0) is 57.9 Å². The fourth-order valence-electron chi connectivity index (χ4n) is 5.79. The molecule has 0 amide bonds. The molecule has 3 aromatic heterocycles. The van der Waals surface area contributed by atoms with Gasteiger partial charge in [-0.1, -0.05) is 109 Å². The van der Waals surface area contributed by atoms with Crippen molar-refractivity contribution in [1.29, 1.82) is 0 Å². The van der Waals surface area contributed by atoms with Gasteiger partial charge >= 0.3 is 0 Å². The Kier molecular flexibility index (Phi) is 6.43. The molecule has 206 valence electrons. The molecular formula is C40H26N4. The molecule has 8 rings (SSSR count). The third kappa shape index (κ3) is 4.79. The van der Waals surface area contributed by atoms with E-state index in [1.165, 1.54) is 10.8 Å². The van der Waals surface area contributed by atoms with Crippen LogP contribution in [-0.2, 0) is 0 Å². The molecule has 44 heavy (non-hydrogen) atoms. The van der Waals surface area contributed by atoms with E-state index in [2.05, 4.69) is 119 Å². The SMILES string of the molecule is c1ccc(-c2ccc(-c3cc(-c4ccc(-c5ccccn5)cc4)nc(-c4cc5ccccc5c5ccccc45)n3)cc2)nc1. The Morgan fingerprint density at radius 2 is 0.795 bits per heavy atom. The summed E-state index contributed by atoms with van der Waals surface area (Å²) in [4.78, 5) is 19.4. The number of rotatable bonds is 5. The highest BCUT2D eigenvalue weighted by Gasteiger charge is 2.15. The summed E-state index contributed by atoms with van der Waals surface area (Å²) in [5.74, 6) is 0.696. The van der Waals surface area contributed by atoms with Crippen LogP contribution in [0.25, 0.3) is 78.0 Å². The fourth-order valence-corrected chi connectivity index (χ4v) is 5.79. The summed E-state index contributed by atoms with van der Waals surface area (Å²) in [6.07, 6.45) is 3.64. The topological polar surface area (TPSA) is 51.6 Å². The quantitative estimate of drug-likeness (QED) is 0.196. The molecule has 0 N–H and O–H groups in total. The van der Waals surface area contributed by atoms with Crippen molar-refractivity contribution in [1.82, 2.24) is 19.9 Å². The Labute approximate surface area is 255 Å². The van der Waals surface area contributed by atoms with Crippen molar-refractivity contribution in [2.45, 2.75) is 0 Å². The maximum atomic E-state index is 5.19. The maximum Gasteiger partial charge on any atom is 0.161 e. The Morgan fingerprint density at radius 3 is 1.32 bits per heavy atom. The second kappa shape index (κ2) is 11.0. The van der Waals surface area contributed by atoms with Gasteiger partial charge in [-0.2, -0.15) is 0 Å². The van der Waals surface area contributed by atoms with Gasteiger partial charge in [0.15, 0.2) is 5.82 Å². The van der Waals surface area contributed by atoms with Crippen LogP contribution in [0.5, 0.6) is 0 Å². The molecule has 5 aromatic carbocycles. The van der Waals surface area contributed by atoms with Gasteiger partial charge < -0.3 is 0 Å². The average Bonchev–Trinajstić information content (AvgIpc) is 3.12. The average molecular weight is 563 g/mol. The molecule has 0 saturated heterocycles. The van der Waals surface area contributed by atoms with Crippen LogP contribution >= 0.6 is 0 Å². The van der Waals surface area contributed by atoms with Gasteiger partial charge in [-0.15, -0.1) is 0 Å². The van der Waals surface area contributed by atoms with E-state index in [1.807, 2.05) is 48.8 Å².